The number of nitrogens with one attached hydrogen (secondary N) is 1. The molecular weight excluding hydrogens is 314 g/mol. The third-order valence-corrected chi connectivity index (χ3v) is 4.71. The molecule has 1 aliphatic rings. The molecule has 20 heavy (non-hydrogen) atoms. The Labute approximate surface area is 131 Å². The third kappa shape index (κ3) is 5.10. The monoisotopic (exact) mass is 339 g/mol. The Morgan fingerprint density at radius 2 is 1.95 bits per heavy atom. The van der Waals surface area contributed by atoms with Crippen molar-refractivity contribution in [1.29, 1.82) is 0 Å². The van der Waals surface area contributed by atoms with Crippen molar-refractivity contribution in [2.24, 2.45) is 5.92 Å². The summed E-state index contributed by atoms with van der Waals surface area (Å²) in [4.78, 5) is 0. The van der Waals surface area contributed by atoms with Crippen LogP contribution in [0.4, 0.5) is 0 Å². The van der Waals surface area contributed by atoms with Gasteiger partial charge in [-0.15, -0.1) is 0 Å². The van der Waals surface area contributed by atoms with Gasteiger partial charge in [0.15, 0.2) is 0 Å². The molecule has 1 fully saturated rings. The van der Waals surface area contributed by atoms with E-state index in [1.54, 1.807) is 0 Å². The van der Waals surface area contributed by atoms with Crippen LogP contribution in [0.25, 0.3) is 0 Å². The largest absolute Gasteiger partial charge is 0.494 e. The second-order valence-electron chi connectivity index (χ2n) is 5.65. The summed E-state index contributed by atoms with van der Waals surface area (Å²) in [6.07, 6.45) is 8.01. The molecule has 112 valence electrons. The minimum atomic E-state index is 0.691. The van der Waals surface area contributed by atoms with Gasteiger partial charge < -0.3 is 10.1 Å². The first-order valence-electron chi connectivity index (χ1n) is 7.91. The first-order valence-corrected chi connectivity index (χ1v) is 8.70. The average molecular weight is 340 g/mol. The van der Waals surface area contributed by atoms with E-state index < -0.39 is 0 Å². The molecule has 0 amide bonds. The molecule has 1 saturated carbocycles. The Hall–Kier alpha value is -0.540. The molecule has 0 spiro atoms. The maximum absolute atomic E-state index is 5.80. The van der Waals surface area contributed by atoms with E-state index in [1.165, 1.54) is 32.1 Å². The van der Waals surface area contributed by atoms with Crippen molar-refractivity contribution in [3.05, 3.63) is 28.7 Å². The molecule has 1 N–H and O–H groups in total. The Morgan fingerprint density at radius 1 is 1.25 bits per heavy atom. The third-order valence-electron chi connectivity index (χ3n) is 4.18. The SMILES string of the molecule is CCNC(CCCOc1ccc(Br)cc1)C1CCCC1. The Bertz CT molecular complexity index is 373. The van der Waals surface area contributed by atoms with Crippen molar-refractivity contribution in [2.75, 3.05) is 13.2 Å². The normalized spacial score (nSPS) is 17.3. The van der Waals surface area contributed by atoms with Crippen molar-refractivity contribution in [3.8, 4) is 5.75 Å². The van der Waals surface area contributed by atoms with Gasteiger partial charge in [0.05, 0.1) is 6.61 Å². The summed E-state index contributed by atoms with van der Waals surface area (Å²) in [6.45, 7) is 4.10. The van der Waals surface area contributed by atoms with Crippen LogP contribution in [0.2, 0.25) is 0 Å². The molecule has 0 aliphatic heterocycles. The Kier molecular flexibility index (Phi) is 6.88. The molecule has 1 atom stereocenters. The van der Waals surface area contributed by atoms with Crippen LogP contribution in [-0.2, 0) is 0 Å². The zero-order valence-corrected chi connectivity index (χ0v) is 14.0. The average Bonchev–Trinajstić information content (AvgIpc) is 2.98. The number of benzene rings is 1. The van der Waals surface area contributed by atoms with E-state index in [9.17, 15) is 0 Å². The van der Waals surface area contributed by atoms with Crippen LogP contribution >= 0.6 is 15.9 Å². The highest BCUT2D eigenvalue weighted by Gasteiger charge is 2.23. The van der Waals surface area contributed by atoms with Crippen molar-refractivity contribution in [3.63, 3.8) is 0 Å². The molecule has 0 radical (unpaired) electrons. The highest BCUT2D eigenvalue weighted by Crippen LogP contribution is 2.29. The summed E-state index contributed by atoms with van der Waals surface area (Å²) in [7, 11) is 0. The van der Waals surface area contributed by atoms with E-state index in [0.29, 0.717) is 6.04 Å². The molecular formula is C17H26BrNO. The molecule has 1 aliphatic carbocycles. The van der Waals surface area contributed by atoms with Gasteiger partial charge in [-0.1, -0.05) is 35.7 Å². The van der Waals surface area contributed by atoms with Crippen LogP contribution in [0.15, 0.2) is 28.7 Å². The second kappa shape index (κ2) is 8.68. The summed E-state index contributed by atoms with van der Waals surface area (Å²) in [5.41, 5.74) is 0. The lowest BCUT2D eigenvalue weighted by atomic mass is 9.94. The van der Waals surface area contributed by atoms with Crippen molar-refractivity contribution >= 4 is 15.9 Å². The minimum absolute atomic E-state index is 0.691. The zero-order chi connectivity index (χ0) is 14.2. The lowest BCUT2D eigenvalue weighted by Crippen LogP contribution is -2.35. The topological polar surface area (TPSA) is 21.3 Å². The highest BCUT2D eigenvalue weighted by atomic mass is 79.9. The molecule has 1 aromatic carbocycles. The number of hydrogen-bond acceptors (Lipinski definition) is 2. The van der Waals surface area contributed by atoms with Crippen LogP contribution in [0.3, 0.4) is 0 Å². The smallest absolute Gasteiger partial charge is 0.119 e. The Balaban J connectivity index is 1.68. The van der Waals surface area contributed by atoms with Gasteiger partial charge in [0.2, 0.25) is 0 Å². The molecule has 1 aromatic rings. The molecule has 2 nitrogen and oxygen atoms in total. The maximum atomic E-state index is 5.80. The van der Waals surface area contributed by atoms with Gasteiger partial charge in [-0.25, -0.2) is 0 Å². The van der Waals surface area contributed by atoms with Gasteiger partial charge in [-0.2, -0.15) is 0 Å². The van der Waals surface area contributed by atoms with E-state index in [2.05, 4.69) is 28.2 Å². The lowest BCUT2D eigenvalue weighted by molar-refractivity contribution is 0.274. The molecule has 0 heterocycles. The molecule has 3 heteroatoms. The predicted molar refractivity (Wildman–Crippen MR) is 88.3 cm³/mol. The summed E-state index contributed by atoms with van der Waals surface area (Å²) in [6, 6.07) is 8.77. The number of halogens is 1. The quantitative estimate of drug-likeness (QED) is 0.688. The number of ether oxygens (including phenoxy) is 1. The second-order valence-corrected chi connectivity index (χ2v) is 6.57. The molecule has 0 saturated heterocycles. The van der Waals surface area contributed by atoms with Gasteiger partial charge in [0.25, 0.3) is 0 Å². The predicted octanol–water partition coefficient (Wildman–Crippen LogP) is 4.78. The minimum Gasteiger partial charge on any atom is -0.494 e. The summed E-state index contributed by atoms with van der Waals surface area (Å²) >= 11 is 3.44. The van der Waals surface area contributed by atoms with Gasteiger partial charge in [0.1, 0.15) is 5.75 Å². The standard InChI is InChI=1S/C17H26BrNO/c1-2-19-17(14-6-3-4-7-14)8-5-13-20-16-11-9-15(18)10-12-16/h9-12,14,17,19H,2-8,13H2,1H3. The van der Waals surface area contributed by atoms with E-state index in [-0.39, 0.29) is 0 Å². The summed E-state index contributed by atoms with van der Waals surface area (Å²) in [5.74, 6) is 1.86. The van der Waals surface area contributed by atoms with Crippen LogP contribution in [-0.4, -0.2) is 19.2 Å². The van der Waals surface area contributed by atoms with Crippen LogP contribution in [0.1, 0.15) is 45.4 Å². The van der Waals surface area contributed by atoms with Crippen molar-refractivity contribution in [2.45, 2.75) is 51.5 Å². The van der Waals surface area contributed by atoms with E-state index in [1.807, 2.05) is 24.3 Å². The van der Waals surface area contributed by atoms with Crippen molar-refractivity contribution in [1.82, 2.24) is 5.32 Å². The zero-order valence-electron chi connectivity index (χ0n) is 12.4. The van der Waals surface area contributed by atoms with Crippen molar-refractivity contribution < 1.29 is 4.74 Å². The van der Waals surface area contributed by atoms with Gasteiger partial charge in [0, 0.05) is 10.5 Å². The first-order chi connectivity index (χ1) is 9.79. The number of rotatable bonds is 8. The molecule has 0 aromatic heterocycles. The van der Waals surface area contributed by atoms with Gasteiger partial charge >= 0.3 is 0 Å². The first kappa shape index (κ1) is 15.8. The lowest BCUT2D eigenvalue weighted by Gasteiger charge is -2.24. The molecule has 1 unspecified atom stereocenters. The van der Waals surface area contributed by atoms with Crippen LogP contribution < -0.4 is 10.1 Å². The fourth-order valence-corrected chi connectivity index (χ4v) is 3.41. The Morgan fingerprint density at radius 3 is 2.60 bits per heavy atom. The molecule has 0 bridgehead atoms. The summed E-state index contributed by atoms with van der Waals surface area (Å²) in [5, 5.41) is 3.67. The fourth-order valence-electron chi connectivity index (χ4n) is 3.15. The van der Waals surface area contributed by atoms with Crippen LogP contribution in [0, 0.1) is 5.92 Å². The maximum Gasteiger partial charge on any atom is 0.119 e. The van der Waals surface area contributed by atoms with Gasteiger partial charge in [-0.05, 0) is 62.4 Å². The van der Waals surface area contributed by atoms with E-state index >= 15 is 0 Å². The summed E-state index contributed by atoms with van der Waals surface area (Å²) < 4.78 is 6.90. The van der Waals surface area contributed by atoms with Gasteiger partial charge in [-0.3, -0.25) is 0 Å². The van der Waals surface area contributed by atoms with Crippen LogP contribution in [0.5, 0.6) is 5.75 Å². The molecule has 2 rings (SSSR count). The highest BCUT2D eigenvalue weighted by molar-refractivity contribution is 9.10. The van der Waals surface area contributed by atoms with E-state index in [0.717, 1.165) is 35.7 Å². The van der Waals surface area contributed by atoms with E-state index in [4.69, 9.17) is 4.74 Å². The fraction of sp³-hybridized carbons (Fsp3) is 0.647. The number of hydrogen-bond donors (Lipinski definition) is 1.